The Morgan fingerprint density at radius 1 is 1.17 bits per heavy atom. The van der Waals surface area contributed by atoms with Gasteiger partial charge in [0.05, 0.1) is 21.9 Å². The number of nitrogens with zero attached hydrogens (tertiary/aromatic N) is 3. The number of rotatable bonds is 3. The van der Waals surface area contributed by atoms with E-state index in [2.05, 4.69) is 15.3 Å². The summed E-state index contributed by atoms with van der Waals surface area (Å²) >= 11 is 5.81. The van der Waals surface area contributed by atoms with E-state index in [9.17, 15) is 4.39 Å². The van der Waals surface area contributed by atoms with Crippen molar-refractivity contribution in [2.45, 2.75) is 0 Å². The van der Waals surface area contributed by atoms with Crippen molar-refractivity contribution in [3.8, 4) is 0 Å². The molecule has 1 aromatic heterocycles. The molecule has 0 unspecified atom stereocenters. The van der Waals surface area contributed by atoms with Crippen molar-refractivity contribution in [3.05, 3.63) is 47.5 Å². The Kier molecular flexibility index (Phi) is 3.92. The summed E-state index contributed by atoms with van der Waals surface area (Å²) in [5.74, 6) is 0.110. The average molecular weight is 332 g/mol. The first-order valence-corrected chi connectivity index (χ1v) is 7.27. The molecule has 0 aliphatic rings. The molecule has 0 aliphatic heterocycles. The highest BCUT2D eigenvalue weighted by Crippen LogP contribution is 2.31. The van der Waals surface area contributed by atoms with Crippen molar-refractivity contribution in [1.82, 2.24) is 9.97 Å². The average Bonchev–Trinajstić information content (AvgIpc) is 2.51. The van der Waals surface area contributed by atoms with Crippen LogP contribution in [0.4, 0.5) is 27.3 Å². The maximum atomic E-state index is 13.3. The number of benzene rings is 2. The standard InChI is InChI=1S/C16H15ClFN5/c1-23(2)15-7-14-10(6-13(15)19)16(21-8-20-14)22-9-3-4-12(18)11(17)5-9/h3-8H,19H2,1-2H3,(H,20,21,22). The quantitative estimate of drug-likeness (QED) is 0.714. The van der Waals surface area contributed by atoms with Crippen LogP contribution in [0.5, 0.6) is 0 Å². The fraction of sp³-hybridized carbons (Fsp3) is 0.125. The Morgan fingerprint density at radius 2 is 1.96 bits per heavy atom. The number of halogens is 2. The van der Waals surface area contributed by atoms with Crippen molar-refractivity contribution >= 4 is 45.4 Å². The van der Waals surface area contributed by atoms with E-state index in [0.717, 1.165) is 16.6 Å². The SMILES string of the molecule is CN(C)c1cc2ncnc(Nc3ccc(F)c(Cl)c3)c2cc1N. The van der Waals surface area contributed by atoms with Gasteiger partial charge in [-0.3, -0.25) is 0 Å². The highest BCUT2D eigenvalue weighted by molar-refractivity contribution is 6.31. The number of nitrogens with two attached hydrogens (primary N) is 1. The second-order valence-corrected chi connectivity index (χ2v) is 5.71. The molecule has 0 atom stereocenters. The lowest BCUT2D eigenvalue weighted by Crippen LogP contribution is -2.11. The predicted molar refractivity (Wildman–Crippen MR) is 93.0 cm³/mol. The van der Waals surface area contributed by atoms with Crippen LogP contribution in [0.2, 0.25) is 5.02 Å². The normalized spacial score (nSPS) is 10.8. The Hall–Kier alpha value is -2.60. The summed E-state index contributed by atoms with van der Waals surface area (Å²) in [6, 6.07) is 8.11. The molecule has 1 heterocycles. The van der Waals surface area contributed by atoms with Gasteiger partial charge in [-0.15, -0.1) is 0 Å². The van der Waals surface area contributed by atoms with Crippen LogP contribution < -0.4 is 16.0 Å². The lowest BCUT2D eigenvalue weighted by molar-refractivity contribution is 0.628. The van der Waals surface area contributed by atoms with Gasteiger partial charge in [0.25, 0.3) is 0 Å². The van der Waals surface area contributed by atoms with Crippen molar-refractivity contribution in [2.75, 3.05) is 30.0 Å². The number of aromatic nitrogens is 2. The third-order valence-electron chi connectivity index (χ3n) is 3.45. The van der Waals surface area contributed by atoms with Crippen molar-refractivity contribution < 1.29 is 4.39 Å². The number of anilines is 4. The van der Waals surface area contributed by atoms with E-state index in [0.29, 0.717) is 17.2 Å². The molecule has 0 radical (unpaired) electrons. The van der Waals surface area contributed by atoms with E-state index in [1.807, 2.05) is 31.1 Å². The van der Waals surface area contributed by atoms with Gasteiger partial charge < -0.3 is 16.0 Å². The van der Waals surface area contributed by atoms with Crippen LogP contribution >= 0.6 is 11.6 Å². The molecular formula is C16H15ClFN5. The smallest absolute Gasteiger partial charge is 0.141 e. The zero-order valence-electron chi connectivity index (χ0n) is 12.6. The topological polar surface area (TPSA) is 67.1 Å². The number of nitrogens with one attached hydrogen (secondary N) is 1. The molecule has 2 aromatic carbocycles. The fourth-order valence-corrected chi connectivity index (χ4v) is 2.49. The molecule has 0 saturated carbocycles. The molecule has 0 spiro atoms. The molecule has 0 saturated heterocycles. The molecule has 0 bridgehead atoms. The zero-order chi connectivity index (χ0) is 16.6. The first kappa shape index (κ1) is 15.3. The predicted octanol–water partition coefficient (Wildman–Crippen LogP) is 3.81. The minimum absolute atomic E-state index is 0.0442. The lowest BCUT2D eigenvalue weighted by atomic mass is 10.1. The minimum Gasteiger partial charge on any atom is -0.397 e. The monoisotopic (exact) mass is 331 g/mol. The van der Waals surface area contributed by atoms with Gasteiger partial charge in [0.15, 0.2) is 0 Å². The fourth-order valence-electron chi connectivity index (χ4n) is 2.31. The van der Waals surface area contributed by atoms with Gasteiger partial charge in [-0.25, -0.2) is 14.4 Å². The summed E-state index contributed by atoms with van der Waals surface area (Å²) in [6.07, 6.45) is 1.46. The molecule has 0 amide bonds. The van der Waals surface area contributed by atoms with Gasteiger partial charge >= 0.3 is 0 Å². The van der Waals surface area contributed by atoms with E-state index in [-0.39, 0.29) is 5.02 Å². The Labute approximate surface area is 137 Å². The maximum Gasteiger partial charge on any atom is 0.141 e. The van der Waals surface area contributed by atoms with Crippen LogP contribution in [0.25, 0.3) is 10.9 Å². The van der Waals surface area contributed by atoms with Gasteiger partial charge in [-0.1, -0.05) is 11.6 Å². The highest BCUT2D eigenvalue weighted by Gasteiger charge is 2.10. The molecule has 3 aromatic rings. The second-order valence-electron chi connectivity index (χ2n) is 5.30. The summed E-state index contributed by atoms with van der Waals surface area (Å²) in [4.78, 5) is 10.4. The van der Waals surface area contributed by atoms with Crippen LogP contribution in [0.15, 0.2) is 36.7 Å². The maximum absolute atomic E-state index is 13.3. The molecule has 7 heteroatoms. The van der Waals surface area contributed by atoms with Gasteiger partial charge in [0.2, 0.25) is 0 Å². The molecular weight excluding hydrogens is 317 g/mol. The van der Waals surface area contributed by atoms with Crippen LogP contribution in [-0.4, -0.2) is 24.1 Å². The van der Waals surface area contributed by atoms with Gasteiger partial charge in [0, 0.05) is 25.2 Å². The first-order valence-electron chi connectivity index (χ1n) is 6.89. The Bertz CT molecular complexity index is 882. The molecule has 23 heavy (non-hydrogen) atoms. The number of nitrogen functional groups attached to an aromatic ring is 1. The number of hydrogen-bond acceptors (Lipinski definition) is 5. The van der Waals surface area contributed by atoms with E-state index in [4.69, 9.17) is 17.3 Å². The van der Waals surface area contributed by atoms with Crippen molar-refractivity contribution in [3.63, 3.8) is 0 Å². The third kappa shape index (κ3) is 2.98. The number of hydrogen-bond donors (Lipinski definition) is 2. The Morgan fingerprint density at radius 3 is 2.65 bits per heavy atom. The molecule has 3 N–H and O–H groups in total. The lowest BCUT2D eigenvalue weighted by Gasteiger charge is -2.17. The molecule has 3 rings (SSSR count). The molecule has 0 aliphatic carbocycles. The van der Waals surface area contributed by atoms with Crippen LogP contribution in [0.3, 0.4) is 0 Å². The van der Waals surface area contributed by atoms with Gasteiger partial charge in [0.1, 0.15) is 18.0 Å². The van der Waals surface area contributed by atoms with E-state index in [1.54, 1.807) is 6.07 Å². The number of fused-ring (bicyclic) bond motifs is 1. The van der Waals surface area contributed by atoms with Crippen molar-refractivity contribution in [2.24, 2.45) is 0 Å². The van der Waals surface area contributed by atoms with E-state index in [1.165, 1.54) is 18.5 Å². The van der Waals surface area contributed by atoms with Crippen LogP contribution in [0, 0.1) is 5.82 Å². The van der Waals surface area contributed by atoms with Gasteiger partial charge in [-0.05, 0) is 30.3 Å². The summed E-state index contributed by atoms with van der Waals surface area (Å²) in [5.41, 5.74) is 8.99. The second kappa shape index (κ2) is 5.89. The van der Waals surface area contributed by atoms with E-state index >= 15 is 0 Å². The Balaban J connectivity index is 2.07. The summed E-state index contributed by atoms with van der Waals surface area (Å²) in [6.45, 7) is 0. The highest BCUT2D eigenvalue weighted by atomic mass is 35.5. The third-order valence-corrected chi connectivity index (χ3v) is 3.74. The molecule has 0 fully saturated rings. The van der Waals surface area contributed by atoms with Crippen LogP contribution in [0.1, 0.15) is 0 Å². The molecule has 118 valence electrons. The summed E-state index contributed by atoms with van der Waals surface area (Å²) in [7, 11) is 3.83. The minimum atomic E-state index is -0.468. The zero-order valence-corrected chi connectivity index (χ0v) is 13.4. The summed E-state index contributed by atoms with van der Waals surface area (Å²) in [5, 5.41) is 3.94. The van der Waals surface area contributed by atoms with Gasteiger partial charge in [-0.2, -0.15) is 0 Å². The van der Waals surface area contributed by atoms with Crippen molar-refractivity contribution in [1.29, 1.82) is 0 Å². The summed E-state index contributed by atoms with van der Waals surface area (Å²) < 4.78 is 13.3. The largest absolute Gasteiger partial charge is 0.397 e. The van der Waals surface area contributed by atoms with Crippen LogP contribution in [-0.2, 0) is 0 Å². The molecule has 5 nitrogen and oxygen atoms in total. The van der Waals surface area contributed by atoms with E-state index < -0.39 is 5.82 Å². The first-order chi connectivity index (χ1) is 11.0.